The first-order valence-corrected chi connectivity index (χ1v) is 23.7. The van der Waals surface area contributed by atoms with Crippen molar-refractivity contribution in [2.24, 2.45) is 0 Å². The van der Waals surface area contributed by atoms with E-state index in [9.17, 15) is 40.2 Å². The molecule has 2 unspecified atom stereocenters. The van der Waals surface area contributed by atoms with Crippen LogP contribution in [0.4, 0.5) is 0 Å². The summed E-state index contributed by atoms with van der Waals surface area (Å²) in [5.74, 6) is -0.348. The van der Waals surface area contributed by atoms with Gasteiger partial charge in [-0.3, -0.25) is 9.59 Å². The minimum Gasteiger partial charge on any atom is -0.394 e. The van der Waals surface area contributed by atoms with Crippen molar-refractivity contribution < 1.29 is 49.7 Å². The van der Waals surface area contributed by atoms with E-state index >= 15 is 0 Å². The van der Waals surface area contributed by atoms with Gasteiger partial charge in [-0.15, -0.1) is 0 Å². The molecule has 12 nitrogen and oxygen atoms in total. The third-order valence-electron chi connectivity index (χ3n) is 11.9. The first-order chi connectivity index (χ1) is 29.7. The zero-order chi connectivity index (χ0) is 44.1. The van der Waals surface area contributed by atoms with Crippen LogP contribution in [-0.2, 0) is 14.3 Å². The average Bonchev–Trinajstić information content (AvgIpc) is 3.28. The number of rotatable bonds is 34. The number of aliphatic hydroxyl groups excluding tert-OH is 6. The zero-order valence-electron chi connectivity index (χ0n) is 37.0. The van der Waals surface area contributed by atoms with E-state index in [4.69, 9.17) is 9.47 Å². The van der Waals surface area contributed by atoms with Crippen LogP contribution in [-0.4, -0.2) is 111 Å². The fourth-order valence-electron chi connectivity index (χ4n) is 7.94. The summed E-state index contributed by atoms with van der Waals surface area (Å²) in [6, 6.07) is 16.7. The fraction of sp³-hybridized carbons (Fsp3) is 0.714. The third-order valence-corrected chi connectivity index (χ3v) is 11.9. The zero-order valence-corrected chi connectivity index (χ0v) is 37.0. The average molecular weight is 857 g/mol. The summed E-state index contributed by atoms with van der Waals surface area (Å²) < 4.78 is 11.1. The second kappa shape index (κ2) is 31.8. The van der Waals surface area contributed by atoms with Crippen molar-refractivity contribution in [2.45, 2.75) is 204 Å². The van der Waals surface area contributed by atoms with Crippen LogP contribution in [0.15, 0.2) is 54.6 Å². The predicted molar refractivity (Wildman–Crippen MR) is 240 cm³/mol. The molecule has 346 valence electrons. The van der Waals surface area contributed by atoms with Gasteiger partial charge >= 0.3 is 0 Å². The van der Waals surface area contributed by atoms with Crippen molar-refractivity contribution >= 4 is 11.8 Å². The number of unbranched alkanes of at least 4 members (excludes halogenated alkanes) is 19. The van der Waals surface area contributed by atoms with Crippen LogP contribution in [0.5, 0.6) is 0 Å². The number of aliphatic hydroxyl groups is 6. The molecule has 0 bridgehead atoms. The summed E-state index contributed by atoms with van der Waals surface area (Å²) in [4.78, 5) is 25.6. The van der Waals surface area contributed by atoms with E-state index in [0.29, 0.717) is 24.9 Å². The summed E-state index contributed by atoms with van der Waals surface area (Å²) >= 11 is 0. The topological polar surface area (TPSA) is 198 Å². The molecule has 0 aromatic heterocycles. The van der Waals surface area contributed by atoms with Crippen LogP contribution in [0.25, 0.3) is 11.1 Å². The molecule has 0 aliphatic carbocycles. The molecule has 1 saturated heterocycles. The molecule has 2 aromatic rings. The summed E-state index contributed by atoms with van der Waals surface area (Å²) in [7, 11) is 0. The number of hydrogen-bond acceptors (Lipinski definition) is 10. The van der Waals surface area contributed by atoms with Gasteiger partial charge in [-0.05, 0) is 42.5 Å². The minimum atomic E-state index is -1.63. The van der Waals surface area contributed by atoms with Crippen molar-refractivity contribution in [1.29, 1.82) is 0 Å². The molecule has 2 amide bonds. The maximum atomic E-state index is 13.0. The number of carbonyl (C=O) groups excluding carboxylic acids is 2. The van der Waals surface area contributed by atoms with Crippen molar-refractivity contribution in [2.75, 3.05) is 19.8 Å². The minimum absolute atomic E-state index is 0.0518. The molecule has 8 atom stereocenters. The Labute approximate surface area is 365 Å². The number of nitrogens with one attached hydrogen (secondary N) is 2. The molecular weight excluding hydrogens is 777 g/mol. The standard InChI is InChI=1S/C49H80N2O10/c1-2-3-4-5-6-7-8-9-11-14-17-23-28-41(53)44(55)40(36-60-49-47(58)46(57)45(56)42(35-52)61-49)51-43(54)29-24-18-15-12-10-13-16-19-25-34-50-48(59)39-32-30-38(31-33-39)37-26-21-20-22-27-37/h20-22,26-27,30-33,40-42,44-47,49,52-53,55-58H,2-19,23-25,28-29,34-36H2,1H3,(H,50,59)(H,51,54)/t40-,41+,42?,44-,45-,46-,47?,49-/m0/s1. The van der Waals surface area contributed by atoms with Gasteiger partial charge in [0.2, 0.25) is 5.91 Å². The van der Waals surface area contributed by atoms with Gasteiger partial charge in [0.1, 0.15) is 30.5 Å². The number of ether oxygens (including phenoxy) is 2. The molecule has 2 aromatic carbocycles. The molecule has 0 spiro atoms. The summed E-state index contributed by atoms with van der Waals surface area (Å²) in [5, 5.41) is 68.2. The van der Waals surface area contributed by atoms with Crippen LogP contribution < -0.4 is 10.6 Å². The molecule has 8 N–H and O–H groups in total. The van der Waals surface area contributed by atoms with E-state index in [0.717, 1.165) is 88.2 Å². The Balaban J connectivity index is 1.29. The molecule has 1 fully saturated rings. The van der Waals surface area contributed by atoms with Crippen LogP contribution in [0.3, 0.4) is 0 Å². The first kappa shape index (κ1) is 52.4. The Morgan fingerprint density at radius 2 is 1.18 bits per heavy atom. The number of carbonyl (C=O) groups is 2. The van der Waals surface area contributed by atoms with Crippen molar-refractivity contribution in [1.82, 2.24) is 10.6 Å². The lowest BCUT2D eigenvalue weighted by Gasteiger charge is -2.40. The largest absolute Gasteiger partial charge is 0.394 e. The smallest absolute Gasteiger partial charge is 0.251 e. The summed E-state index contributed by atoms with van der Waals surface area (Å²) in [6.45, 7) is 1.94. The SMILES string of the molecule is CCCCCCCCCCCCCC[C@@H](O)[C@@H](O)[C@H](CO[C@H]1OC(CO)[C@H](O)[C@H](O)C1O)NC(=O)CCCCCCCCCCCNC(=O)c1ccc(-c2ccccc2)cc1. The van der Waals surface area contributed by atoms with Crippen LogP contribution in [0.1, 0.15) is 165 Å². The van der Waals surface area contributed by atoms with E-state index in [1.165, 1.54) is 51.4 Å². The van der Waals surface area contributed by atoms with Gasteiger partial charge in [0.15, 0.2) is 6.29 Å². The monoisotopic (exact) mass is 857 g/mol. The van der Waals surface area contributed by atoms with Gasteiger partial charge in [-0.25, -0.2) is 0 Å². The molecular formula is C49H80N2O10. The lowest BCUT2D eigenvalue weighted by atomic mass is 9.98. The third kappa shape index (κ3) is 20.9. The van der Waals surface area contributed by atoms with Crippen LogP contribution >= 0.6 is 0 Å². The lowest BCUT2D eigenvalue weighted by Crippen LogP contribution is -2.60. The molecule has 1 aliphatic rings. The Morgan fingerprint density at radius 1 is 0.656 bits per heavy atom. The second-order valence-electron chi connectivity index (χ2n) is 17.1. The Morgan fingerprint density at radius 3 is 1.75 bits per heavy atom. The molecule has 3 rings (SSSR count). The first-order valence-electron chi connectivity index (χ1n) is 23.7. The Bertz CT molecular complexity index is 1410. The predicted octanol–water partition coefficient (Wildman–Crippen LogP) is 7.10. The number of amides is 2. The maximum absolute atomic E-state index is 13.0. The van der Waals surface area contributed by atoms with E-state index in [2.05, 4.69) is 29.7 Å². The van der Waals surface area contributed by atoms with Gasteiger partial charge in [-0.1, -0.05) is 171 Å². The van der Waals surface area contributed by atoms with Gasteiger partial charge in [0, 0.05) is 18.5 Å². The normalized spacial score (nSPS) is 20.5. The van der Waals surface area contributed by atoms with Gasteiger partial charge in [0.25, 0.3) is 5.91 Å². The fourth-order valence-corrected chi connectivity index (χ4v) is 7.94. The molecule has 61 heavy (non-hydrogen) atoms. The summed E-state index contributed by atoms with van der Waals surface area (Å²) in [6.07, 6.45) is 13.8. The highest BCUT2D eigenvalue weighted by molar-refractivity contribution is 5.94. The molecule has 0 saturated carbocycles. The Kier molecular flexibility index (Phi) is 27.3. The highest BCUT2D eigenvalue weighted by Crippen LogP contribution is 2.23. The van der Waals surface area contributed by atoms with Crippen molar-refractivity contribution in [3.63, 3.8) is 0 Å². The number of benzene rings is 2. The maximum Gasteiger partial charge on any atom is 0.251 e. The van der Waals surface area contributed by atoms with Crippen LogP contribution in [0, 0.1) is 0 Å². The van der Waals surface area contributed by atoms with E-state index in [-0.39, 0.29) is 24.8 Å². The van der Waals surface area contributed by atoms with Crippen molar-refractivity contribution in [3.05, 3.63) is 60.2 Å². The van der Waals surface area contributed by atoms with E-state index in [1.807, 2.05) is 42.5 Å². The van der Waals surface area contributed by atoms with Crippen LogP contribution in [0.2, 0.25) is 0 Å². The Hall–Kier alpha value is -2.94. The van der Waals surface area contributed by atoms with E-state index in [1.54, 1.807) is 0 Å². The molecule has 1 heterocycles. The highest BCUT2D eigenvalue weighted by Gasteiger charge is 2.44. The molecule has 0 radical (unpaired) electrons. The quantitative estimate of drug-likeness (QED) is 0.0336. The second-order valence-corrected chi connectivity index (χ2v) is 17.1. The number of hydrogen-bond donors (Lipinski definition) is 8. The van der Waals surface area contributed by atoms with Gasteiger partial charge in [-0.2, -0.15) is 0 Å². The van der Waals surface area contributed by atoms with Crippen molar-refractivity contribution in [3.8, 4) is 11.1 Å². The lowest BCUT2D eigenvalue weighted by molar-refractivity contribution is -0.303. The van der Waals surface area contributed by atoms with Gasteiger partial charge < -0.3 is 50.7 Å². The highest BCUT2D eigenvalue weighted by atomic mass is 16.7. The molecule has 1 aliphatic heterocycles. The van der Waals surface area contributed by atoms with Gasteiger partial charge in [0.05, 0.1) is 25.4 Å². The summed E-state index contributed by atoms with van der Waals surface area (Å²) in [5.41, 5.74) is 2.87. The van der Waals surface area contributed by atoms with E-state index < -0.39 is 55.6 Å². The molecule has 12 heteroatoms.